The Bertz CT molecular complexity index is 536. The van der Waals surface area contributed by atoms with Crippen molar-refractivity contribution < 1.29 is 18.0 Å². The maximum atomic E-state index is 12.7. The predicted octanol–water partition coefficient (Wildman–Crippen LogP) is 1.82. The highest BCUT2D eigenvalue weighted by atomic mass is 19.4. The Labute approximate surface area is 119 Å². The summed E-state index contributed by atoms with van der Waals surface area (Å²) in [7, 11) is 0. The van der Waals surface area contributed by atoms with Crippen LogP contribution in [0.5, 0.6) is 0 Å². The number of carbonyl (C=O) groups is 1. The molecule has 1 N–H and O–H groups in total. The van der Waals surface area contributed by atoms with Crippen molar-refractivity contribution in [1.82, 2.24) is 20.1 Å². The summed E-state index contributed by atoms with van der Waals surface area (Å²) in [5.74, 6) is -0.354. The summed E-state index contributed by atoms with van der Waals surface area (Å²) in [6.07, 6.45) is -1.37. The predicted molar refractivity (Wildman–Crippen MR) is 67.1 cm³/mol. The molecule has 1 aliphatic carbocycles. The molecule has 8 heteroatoms. The fourth-order valence-electron chi connectivity index (χ4n) is 2.78. The van der Waals surface area contributed by atoms with Crippen LogP contribution in [-0.2, 0) is 24.3 Å². The number of halogens is 3. The van der Waals surface area contributed by atoms with Gasteiger partial charge < -0.3 is 9.88 Å². The summed E-state index contributed by atoms with van der Waals surface area (Å²) in [6, 6.07) is 0. The normalized spacial score (nSPS) is 22.5. The number of amides is 1. The van der Waals surface area contributed by atoms with Crippen LogP contribution in [0.1, 0.15) is 37.3 Å². The van der Waals surface area contributed by atoms with Gasteiger partial charge in [0.05, 0.1) is 12.5 Å². The van der Waals surface area contributed by atoms with Crippen LogP contribution >= 0.6 is 0 Å². The van der Waals surface area contributed by atoms with Crippen LogP contribution in [0.4, 0.5) is 13.2 Å². The first kappa shape index (κ1) is 14.3. The monoisotopic (exact) mass is 302 g/mol. The number of hydrogen-bond donors (Lipinski definition) is 1. The van der Waals surface area contributed by atoms with E-state index < -0.39 is 12.1 Å². The van der Waals surface area contributed by atoms with Gasteiger partial charge in [-0.2, -0.15) is 13.2 Å². The lowest BCUT2D eigenvalue weighted by Crippen LogP contribution is -2.35. The molecule has 1 fully saturated rings. The van der Waals surface area contributed by atoms with Gasteiger partial charge >= 0.3 is 6.18 Å². The quantitative estimate of drug-likeness (QED) is 0.926. The molecule has 116 valence electrons. The third-order valence-electron chi connectivity index (χ3n) is 4.39. The maximum Gasteiger partial charge on any atom is 0.392 e. The Kier molecular flexibility index (Phi) is 3.62. The van der Waals surface area contributed by atoms with E-state index in [1.807, 2.05) is 0 Å². The smallest absolute Gasteiger partial charge is 0.349 e. The summed E-state index contributed by atoms with van der Waals surface area (Å²) in [5, 5.41) is 10.6. The van der Waals surface area contributed by atoms with E-state index in [2.05, 4.69) is 15.5 Å². The number of nitrogens with zero attached hydrogens (tertiary/aromatic N) is 3. The van der Waals surface area contributed by atoms with Crippen LogP contribution in [0.25, 0.3) is 0 Å². The lowest BCUT2D eigenvalue weighted by molar-refractivity contribution is -0.179. The van der Waals surface area contributed by atoms with E-state index >= 15 is 0 Å². The second kappa shape index (κ2) is 5.31. The van der Waals surface area contributed by atoms with Crippen molar-refractivity contribution in [2.45, 2.75) is 51.4 Å². The fraction of sp³-hybridized carbons (Fsp3) is 0.769. The Morgan fingerprint density at radius 2 is 2.05 bits per heavy atom. The van der Waals surface area contributed by atoms with Gasteiger partial charge in [0.15, 0.2) is 5.82 Å². The average molecular weight is 302 g/mol. The first-order chi connectivity index (χ1) is 9.95. The SMILES string of the molecule is O=C(NCc1nnc2n1CCC(C(F)(F)F)C2)C1CCC1. The third kappa shape index (κ3) is 2.89. The van der Waals surface area contributed by atoms with Crippen molar-refractivity contribution in [3.63, 3.8) is 0 Å². The minimum Gasteiger partial charge on any atom is -0.349 e. The fourth-order valence-corrected chi connectivity index (χ4v) is 2.78. The molecule has 0 bridgehead atoms. The molecule has 21 heavy (non-hydrogen) atoms. The Hall–Kier alpha value is -1.60. The molecule has 1 atom stereocenters. The summed E-state index contributed by atoms with van der Waals surface area (Å²) in [5.41, 5.74) is 0. The van der Waals surface area contributed by atoms with Crippen molar-refractivity contribution in [1.29, 1.82) is 0 Å². The van der Waals surface area contributed by atoms with Crippen molar-refractivity contribution >= 4 is 5.91 Å². The molecule has 2 heterocycles. The van der Waals surface area contributed by atoms with E-state index in [-0.39, 0.29) is 37.8 Å². The highest BCUT2D eigenvalue weighted by molar-refractivity contribution is 5.79. The minimum atomic E-state index is -4.18. The van der Waals surface area contributed by atoms with Crippen LogP contribution in [-0.4, -0.2) is 26.8 Å². The molecule has 0 saturated heterocycles. The van der Waals surface area contributed by atoms with Crippen molar-refractivity contribution in [3.8, 4) is 0 Å². The van der Waals surface area contributed by atoms with Crippen molar-refractivity contribution in [2.75, 3.05) is 0 Å². The minimum absolute atomic E-state index is 0.00239. The lowest BCUT2D eigenvalue weighted by Gasteiger charge is -2.26. The topological polar surface area (TPSA) is 59.8 Å². The average Bonchev–Trinajstić information content (AvgIpc) is 2.75. The standard InChI is InChI=1S/C13H17F3N4O/c14-13(15,16)9-4-5-20-10(6-9)18-19-11(20)7-17-12(21)8-2-1-3-8/h8-9H,1-7H2,(H,17,21). The molecule has 5 nitrogen and oxygen atoms in total. The van der Waals surface area contributed by atoms with E-state index in [9.17, 15) is 18.0 Å². The Morgan fingerprint density at radius 1 is 1.29 bits per heavy atom. The number of fused-ring (bicyclic) bond motifs is 1. The molecule has 2 aliphatic rings. The summed E-state index contributed by atoms with van der Waals surface area (Å²) < 4.78 is 39.8. The number of carbonyl (C=O) groups excluding carboxylic acids is 1. The third-order valence-corrected chi connectivity index (χ3v) is 4.39. The molecule has 1 aromatic rings. The largest absolute Gasteiger partial charge is 0.392 e. The van der Waals surface area contributed by atoms with Gasteiger partial charge in [-0.05, 0) is 19.3 Å². The summed E-state index contributed by atoms with van der Waals surface area (Å²) in [4.78, 5) is 11.8. The molecule has 1 amide bonds. The van der Waals surface area contributed by atoms with Crippen LogP contribution in [0.2, 0.25) is 0 Å². The van der Waals surface area contributed by atoms with E-state index in [1.165, 1.54) is 0 Å². The van der Waals surface area contributed by atoms with Gasteiger partial charge in [-0.25, -0.2) is 0 Å². The Balaban J connectivity index is 1.62. The van der Waals surface area contributed by atoms with Crippen LogP contribution in [0.3, 0.4) is 0 Å². The van der Waals surface area contributed by atoms with Gasteiger partial charge in [-0.15, -0.1) is 10.2 Å². The zero-order valence-electron chi connectivity index (χ0n) is 11.5. The van der Waals surface area contributed by atoms with Gasteiger partial charge in [-0.3, -0.25) is 4.79 Å². The lowest BCUT2D eigenvalue weighted by atomic mass is 9.85. The molecule has 0 spiro atoms. The molecular weight excluding hydrogens is 285 g/mol. The molecule has 1 unspecified atom stereocenters. The summed E-state index contributed by atoms with van der Waals surface area (Å²) >= 11 is 0. The molecular formula is C13H17F3N4O. The van der Waals surface area contributed by atoms with Gasteiger partial charge in [0.25, 0.3) is 0 Å². The van der Waals surface area contributed by atoms with Gasteiger partial charge in [0, 0.05) is 18.9 Å². The number of rotatable bonds is 3. The first-order valence-electron chi connectivity index (χ1n) is 7.20. The molecule has 0 radical (unpaired) electrons. The molecule has 1 aliphatic heterocycles. The number of hydrogen-bond acceptors (Lipinski definition) is 3. The number of alkyl halides is 3. The molecule has 0 aromatic carbocycles. The van der Waals surface area contributed by atoms with Crippen LogP contribution in [0.15, 0.2) is 0 Å². The summed E-state index contributed by atoms with van der Waals surface area (Å²) in [6.45, 7) is 0.486. The zero-order valence-corrected chi connectivity index (χ0v) is 11.5. The maximum absolute atomic E-state index is 12.7. The van der Waals surface area contributed by atoms with E-state index in [4.69, 9.17) is 0 Å². The van der Waals surface area contributed by atoms with E-state index in [1.54, 1.807) is 4.57 Å². The highest BCUT2D eigenvalue weighted by Crippen LogP contribution is 2.34. The Morgan fingerprint density at radius 3 is 2.67 bits per heavy atom. The highest BCUT2D eigenvalue weighted by Gasteiger charge is 2.42. The second-order valence-electron chi connectivity index (χ2n) is 5.76. The van der Waals surface area contributed by atoms with E-state index in [0.717, 1.165) is 19.3 Å². The zero-order chi connectivity index (χ0) is 15.0. The number of aromatic nitrogens is 3. The molecule has 1 aromatic heterocycles. The van der Waals surface area contributed by atoms with Crippen LogP contribution in [0, 0.1) is 11.8 Å². The van der Waals surface area contributed by atoms with Gasteiger partial charge in [-0.1, -0.05) is 6.42 Å². The molecule has 1 saturated carbocycles. The first-order valence-corrected chi connectivity index (χ1v) is 7.20. The van der Waals surface area contributed by atoms with Gasteiger partial charge in [0.1, 0.15) is 5.82 Å². The van der Waals surface area contributed by atoms with Crippen molar-refractivity contribution in [3.05, 3.63) is 11.6 Å². The van der Waals surface area contributed by atoms with E-state index in [0.29, 0.717) is 11.6 Å². The second-order valence-corrected chi connectivity index (χ2v) is 5.76. The van der Waals surface area contributed by atoms with Crippen molar-refractivity contribution in [2.24, 2.45) is 11.8 Å². The number of nitrogens with one attached hydrogen (secondary N) is 1. The molecule has 3 rings (SSSR count). The van der Waals surface area contributed by atoms with Crippen LogP contribution < -0.4 is 5.32 Å². The van der Waals surface area contributed by atoms with Gasteiger partial charge in [0.2, 0.25) is 5.91 Å².